The summed E-state index contributed by atoms with van der Waals surface area (Å²) in [5, 5.41) is 9.22. The number of aromatic nitrogens is 3. The number of hydrogen-bond acceptors (Lipinski definition) is 4. The number of rotatable bonds is 6. The molecule has 2 aromatic rings. The van der Waals surface area contributed by atoms with Crippen LogP contribution in [0.3, 0.4) is 0 Å². The van der Waals surface area contributed by atoms with E-state index in [-0.39, 0.29) is 5.91 Å². The van der Waals surface area contributed by atoms with E-state index in [1.165, 1.54) is 6.33 Å². The Balaban J connectivity index is 1.96. The first-order chi connectivity index (χ1) is 9.74. The number of amides is 1. The molecule has 1 aromatic carbocycles. The molecule has 0 aliphatic carbocycles. The summed E-state index contributed by atoms with van der Waals surface area (Å²) < 4.78 is 0. The Labute approximate surface area is 118 Å². The lowest BCUT2D eigenvalue weighted by atomic mass is 10.2. The van der Waals surface area contributed by atoms with Crippen molar-refractivity contribution in [3.63, 3.8) is 0 Å². The maximum Gasteiger partial charge on any atom is 0.251 e. The Morgan fingerprint density at radius 3 is 2.50 bits per heavy atom. The van der Waals surface area contributed by atoms with Gasteiger partial charge in [-0.25, -0.2) is 4.98 Å². The van der Waals surface area contributed by atoms with Gasteiger partial charge in [-0.2, -0.15) is 5.10 Å². The Hall–Kier alpha value is -2.37. The first-order valence-corrected chi connectivity index (χ1v) is 6.72. The summed E-state index contributed by atoms with van der Waals surface area (Å²) in [7, 11) is 0. The number of nitrogens with one attached hydrogen (secondary N) is 2. The van der Waals surface area contributed by atoms with E-state index in [4.69, 9.17) is 0 Å². The molecule has 0 aliphatic rings. The van der Waals surface area contributed by atoms with Crippen LogP contribution in [0.25, 0.3) is 0 Å². The van der Waals surface area contributed by atoms with Gasteiger partial charge in [-0.1, -0.05) is 0 Å². The van der Waals surface area contributed by atoms with E-state index in [0.717, 1.165) is 18.8 Å². The highest BCUT2D eigenvalue weighted by Gasteiger charge is 2.07. The fraction of sp³-hybridized carbons (Fsp3) is 0.357. The summed E-state index contributed by atoms with van der Waals surface area (Å²) in [5.41, 5.74) is 1.77. The topological polar surface area (TPSA) is 73.9 Å². The monoisotopic (exact) mass is 273 g/mol. The van der Waals surface area contributed by atoms with Crippen LogP contribution in [0.4, 0.5) is 5.69 Å². The van der Waals surface area contributed by atoms with Gasteiger partial charge in [0.1, 0.15) is 12.2 Å². The summed E-state index contributed by atoms with van der Waals surface area (Å²) >= 11 is 0. The zero-order chi connectivity index (χ0) is 14.4. The van der Waals surface area contributed by atoms with E-state index < -0.39 is 0 Å². The molecule has 20 heavy (non-hydrogen) atoms. The fourth-order valence-electron chi connectivity index (χ4n) is 1.99. The van der Waals surface area contributed by atoms with Crippen LogP contribution in [-0.2, 0) is 6.54 Å². The molecule has 2 N–H and O–H groups in total. The molecule has 106 valence electrons. The minimum Gasteiger partial charge on any atom is -0.372 e. The third kappa shape index (κ3) is 3.34. The maximum absolute atomic E-state index is 12.0. The molecule has 0 spiro atoms. The van der Waals surface area contributed by atoms with Gasteiger partial charge in [-0.3, -0.25) is 9.89 Å². The van der Waals surface area contributed by atoms with Gasteiger partial charge < -0.3 is 10.2 Å². The number of carbonyl (C=O) groups is 1. The molecule has 0 atom stereocenters. The van der Waals surface area contributed by atoms with Crippen molar-refractivity contribution in [2.24, 2.45) is 0 Å². The smallest absolute Gasteiger partial charge is 0.251 e. The highest BCUT2D eigenvalue weighted by atomic mass is 16.1. The quantitative estimate of drug-likeness (QED) is 0.838. The van der Waals surface area contributed by atoms with Crippen molar-refractivity contribution in [1.82, 2.24) is 20.5 Å². The predicted molar refractivity (Wildman–Crippen MR) is 77.6 cm³/mol. The summed E-state index contributed by atoms with van der Waals surface area (Å²) in [6.07, 6.45) is 1.42. The van der Waals surface area contributed by atoms with Crippen LogP contribution in [0, 0.1) is 0 Å². The van der Waals surface area contributed by atoms with Crippen molar-refractivity contribution in [3.05, 3.63) is 42.0 Å². The van der Waals surface area contributed by atoms with Crippen molar-refractivity contribution in [1.29, 1.82) is 0 Å². The SMILES string of the molecule is CCN(CC)c1ccc(C(=O)NCc2ncn[nH]2)cc1. The van der Waals surface area contributed by atoms with E-state index in [9.17, 15) is 4.79 Å². The zero-order valence-electron chi connectivity index (χ0n) is 11.8. The fourth-order valence-corrected chi connectivity index (χ4v) is 1.99. The second kappa shape index (κ2) is 6.70. The molecule has 2 rings (SSSR count). The normalized spacial score (nSPS) is 10.3. The van der Waals surface area contributed by atoms with Crippen LogP contribution in [0.1, 0.15) is 30.0 Å². The summed E-state index contributed by atoms with van der Waals surface area (Å²) in [6.45, 7) is 6.47. The largest absolute Gasteiger partial charge is 0.372 e. The van der Waals surface area contributed by atoms with Crippen LogP contribution >= 0.6 is 0 Å². The van der Waals surface area contributed by atoms with Gasteiger partial charge in [0, 0.05) is 24.3 Å². The van der Waals surface area contributed by atoms with Crippen molar-refractivity contribution in [2.75, 3.05) is 18.0 Å². The number of benzene rings is 1. The van der Waals surface area contributed by atoms with Gasteiger partial charge in [0.25, 0.3) is 5.91 Å². The number of hydrogen-bond donors (Lipinski definition) is 2. The molecule has 6 heteroatoms. The van der Waals surface area contributed by atoms with Crippen molar-refractivity contribution in [3.8, 4) is 0 Å². The van der Waals surface area contributed by atoms with Gasteiger partial charge in [0.2, 0.25) is 0 Å². The van der Waals surface area contributed by atoms with Gasteiger partial charge in [0.05, 0.1) is 6.54 Å². The Kier molecular flexibility index (Phi) is 4.70. The van der Waals surface area contributed by atoms with Crippen molar-refractivity contribution in [2.45, 2.75) is 20.4 Å². The molecule has 0 saturated carbocycles. The van der Waals surface area contributed by atoms with Crippen LogP contribution in [0.2, 0.25) is 0 Å². The standard InChI is InChI=1S/C14H19N5O/c1-3-19(4-2)12-7-5-11(6-8-12)14(20)15-9-13-16-10-17-18-13/h5-8,10H,3-4,9H2,1-2H3,(H,15,20)(H,16,17,18). The lowest BCUT2D eigenvalue weighted by Crippen LogP contribution is -2.24. The Morgan fingerprint density at radius 2 is 1.95 bits per heavy atom. The first-order valence-electron chi connectivity index (χ1n) is 6.72. The molecule has 0 bridgehead atoms. The first kappa shape index (κ1) is 14.0. The molecule has 1 aromatic heterocycles. The van der Waals surface area contributed by atoms with E-state index in [1.54, 1.807) is 0 Å². The summed E-state index contributed by atoms with van der Waals surface area (Å²) in [5.74, 6) is 0.519. The second-order valence-corrected chi connectivity index (χ2v) is 4.33. The second-order valence-electron chi connectivity index (χ2n) is 4.33. The Morgan fingerprint density at radius 1 is 1.25 bits per heavy atom. The molecular formula is C14H19N5O. The van der Waals surface area contributed by atoms with Gasteiger partial charge in [-0.05, 0) is 38.1 Å². The number of anilines is 1. The minimum atomic E-state index is -0.118. The van der Waals surface area contributed by atoms with E-state index >= 15 is 0 Å². The van der Waals surface area contributed by atoms with E-state index in [2.05, 4.69) is 39.2 Å². The highest BCUT2D eigenvalue weighted by Crippen LogP contribution is 2.14. The van der Waals surface area contributed by atoms with Crippen molar-refractivity contribution >= 4 is 11.6 Å². The van der Waals surface area contributed by atoms with Crippen LogP contribution in [0.15, 0.2) is 30.6 Å². The van der Waals surface area contributed by atoms with Gasteiger partial charge >= 0.3 is 0 Å². The Bertz CT molecular complexity index is 531. The zero-order valence-corrected chi connectivity index (χ0v) is 11.8. The summed E-state index contributed by atoms with van der Waals surface area (Å²) in [4.78, 5) is 18.2. The lowest BCUT2D eigenvalue weighted by molar-refractivity contribution is 0.0950. The number of H-pyrrole nitrogens is 1. The minimum absolute atomic E-state index is 0.118. The third-order valence-corrected chi connectivity index (χ3v) is 3.14. The van der Waals surface area contributed by atoms with Crippen LogP contribution in [-0.4, -0.2) is 34.2 Å². The number of aromatic amines is 1. The maximum atomic E-state index is 12.0. The number of nitrogens with zero attached hydrogens (tertiary/aromatic N) is 3. The molecule has 0 radical (unpaired) electrons. The van der Waals surface area contributed by atoms with Crippen molar-refractivity contribution < 1.29 is 4.79 Å². The van der Waals surface area contributed by atoms with E-state index in [0.29, 0.717) is 17.9 Å². The van der Waals surface area contributed by atoms with E-state index in [1.807, 2.05) is 24.3 Å². The average molecular weight is 273 g/mol. The highest BCUT2D eigenvalue weighted by molar-refractivity contribution is 5.94. The number of carbonyl (C=O) groups excluding carboxylic acids is 1. The van der Waals surface area contributed by atoms with Gasteiger partial charge in [0.15, 0.2) is 0 Å². The summed E-state index contributed by atoms with van der Waals surface area (Å²) in [6, 6.07) is 7.61. The van der Waals surface area contributed by atoms with Crippen LogP contribution in [0.5, 0.6) is 0 Å². The molecule has 1 amide bonds. The molecule has 0 fully saturated rings. The lowest BCUT2D eigenvalue weighted by Gasteiger charge is -2.21. The molecular weight excluding hydrogens is 254 g/mol. The molecule has 0 aliphatic heterocycles. The average Bonchev–Trinajstić information content (AvgIpc) is 3.00. The van der Waals surface area contributed by atoms with Crippen LogP contribution < -0.4 is 10.2 Å². The van der Waals surface area contributed by atoms with Gasteiger partial charge in [-0.15, -0.1) is 0 Å². The predicted octanol–water partition coefficient (Wildman–Crippen LogP) is 1.58. The molecule has 6 nitrogen and oxygen atoms in total. The molecule has 0 unspecified atom stereocenters. The molecule has 0 saturated heterocycles. The third-order valence-electron chi connectivity index (χ3n) is 3.14. The molecule has 1 heterocycles.